The minimum Gasteiger partial charge on any atom is -0.336 e. The fourth-order valence-electron chi connectivity index (χ4n) is 5.90. The van der Waals surface area contributed by atoms with E-state index >= 15 is 0 Å². The molecule has 0 saturated heterocycles. The van der Waals surface area contributed by atoms with Gasteiger partial charge in [-0.3, -0.25) is 0 Å². The molecule has 5 rings (SSSR count). The molecule has 1 aliphatic rings. The second-order valence-electron chi connectivity index (χ2n) is 11.5. The van der Waals surface area contributed by atoms with Crippen LogP contribution in [0.15, 0.2) is 91.0 Å². The van der Waals surface area contributed by atoms with Gasteiger partial charge in [-0.25, -0.2) is 0 Å². The summed E-state index contributed by atoms with van der Waals surface area (Å²) < 4.78 is 9.38. The lowest BCUT2D eigenvalue weighted by Crippen LogP contribution is -2.38. The molecule has 35 heavy (non-hydrogen) atoms. The third-order valence-electron chi connectivity index (χ3n) is 7.32. The topological polar surface area (TPSA) is 3.24 Å². The molecule has 0 atom stereocenters. The van der Waals surface area contributed by atoms with Gasteiger partial charge in [-0.15, -0.1) is 0 Å². The van der Waals surface area contributed by atoms with E-state index in [-0.39, 0.29) is 11.0 Å². The van der Waals surface area contributed by atoms with Crippen molar-refractivity contribution < 1.29 is 1.37 Å². The summed E-state index contributed by atoms with van der Waals surface area (Å²) in [5, 5.41) is 0. The summed E-state index contributed by atoms with van der Waals surface area (Å²) >= 11 is 0. The molecule has 0 unspecified atom stereocenters. The highest BCUT2D eigenvalue weighted by atomic mass is 15.2. The van der Waals surface area contributed by atoms with Gasteiger partial charge >= 0.3 is 0 Å². The summed E-state index contributed by atoms with van der Waals surface area (Å²) in [7, 11) is 0. The van der Waals surface area contributed by atoms with E-state index in [1.807, 2.05) is 13.8 Å². The number of hydrogen-bond acceptors (Lipinski definition) is 1. The maximum atomic E-state index is 9.38. The Kier molecular flexibility index (Phi) is 5.33. The molecule has 1 heteroatoms. The van der Waals surface area contributed by atoms with E-state index in [9.17, 15) is 1.37 Å². The maximum Gasteiger partial charge on any atom is 0.0454 e. The van der Waals surface area contributed by atoms with Gasteiger partial charge in [-0.05, 0) is 83.8 Å². The molecule has 0 amide bonds. The molecule has 0 saturated carbocycles. The zero-order chi connectivity index (χ0) is 25.9. The molecule has 0 heterocycles. The predicted molar refractivity (Wildman–Crippen MR) is 152 cm³/mol. The highest BCUT2D eigenvalue weighted by molar-refractivity contribution is 5.87. The van der Waals surface area contributed by atoms with E-state index in [1.54, 1.807) is 0 Å². The third kappa shape index (κ3) is 3.88. The van der Waals surface area contributed by atoms with E-state index in [4.69, 9.17) is 0 Å². The second kappa shape index (κ2) is 8.41. The van der Waals surface area contributed by atoms with E-state index in [1.165, 1.54) is 33.4 Å². The first-order valence-corrected chi connectivity index (χ1v) is 12.6. The Balaban J connectivity index is 1.78. The first-order valence-electron chi connectivity index (χ1n) is 13.1. The van der Waals surface area contributed by atoms with Gasteiger partial charge in [0.2, 0.25) is 0 Å². The summed E-state index contributed by atoms with van der Waals surface area (Å²) in [4.78, 5) is 2.43. The first kappa shape index (κ1) is 22.2. The number of rotatable bonds is 4. The largest absolute Gasteiger partial charge is 0.336 e. The molecule has 4 aromatic carbocycles. The standard InChI is InChI=1S/C34H37N/c1-23(2)31-30(21-20-28-27-18-11-12-19-29(27)34(6,7)32(28)31)35(33(3,4)5)26-17-13-16-25(22-26)24-14-9-8-10-15-24/h8-23H,1-7H3/i23D. The van der Waals surface area contributed by atoms with Gasteiger partial charge in [0.15, 0.2) is 0 Å². The van der Waals surface area contributed by atoms with Crippen molar-refractivity contribution in [3.8, 4) is 22.3 Å². The van der Waals surface area contributed by atoms with Gasteiger partial charge in [0, 0.05) is 23.7 Å². The van der Waals surface area contributed by atoms with Crippen LogP contribution in [0.5, 0.6) is 0 Å². The highest BCUT2D eigenvalue weighted by Gasteiger charge is 2.40. The van der Waals surface area contributed by atoms with Crippen molar-refractivity contribution in [1.29, 1.82) is 0 Å². The molecule has 4 aromatic rings. The number of fused-ring (bicyclic) bond motifs is 3. The summed E-state index contributed by atoms with van der Waals surface area (Å²) in [6, 6.07) is 32.6. The maximum absolute atomic E-state index is 9.38. The fourth-order valence-corrected chi connectivity index (χ4v) is 5.90. The van der Waals surface area contributed by atoms with Crippen LogP contribution in [0, 0.1) is 0 Å². The van der Waals surface area contributed by atoms with Gasteiger partial charge in [0.25, 0.3) is 0 Å². The summed E-state index contributed by atoms with van der Waals surface area (Å²) in [6.07, 6.45) is 0. The Morgan fingerprint density at radius 1 is 0.743 bits per heavy atom. The summed E-state index contributed by atoms with van der Waals surface area (Å²) in [5.41, 5.74) is 10.6. The lowest BCUT2D eigenvalue weighted by atomic mass is 9.77. The zero-order valence-corrected chi connectivity index (χ0v) is 22.1. The molecule has 178 valence electrons. The van der Waals surface area contributed by atoms with Crippen molar-refractivity contribution in [1.82, 2.24) is 0 Å². The second-order valence-corrected chi connectivity index (χ2v) is 11.5. The monoisotopic (exact) mass is 460 g/mol. The average molecular weight is 461 g/mol. The van der Waals surface area contributed by atoms with Gasteiger partial charge in [0.1, 0.15) is 0 Å². The Bertz CT molecular complexity index is 1420. The van der Waals surface area contributed by atoms with Crippen molar-refractivity contribution in [3.63, 3.8) is 0 Å². The molecule has 0 fully saturated rings. The van der Waals surface area contributed by atoms with Crippen LogP contribution in [0.1, 0.15) is 72.4 Å². The molecule has 0 N–H and O–H groups in total. The van der Waals surface area contributed by atoms with Crippen LogP contribution in [0.2, 0.25) is 0 Å². The minimum atomic E-state index is -0.777. The molecule has 0 radical (unpaired) electrons. The molecule has 1 nitrogen and oxygen atoms in total. The normalized spacial score (nSPS) is 14.8. The fraction of sp³-hybridized carbons (Fsp3) is 0.294. The lowest BCUT2D eigenvalue weighted by Gasteiger charge is -2.41. The molecular weight excluding hydrogens is 422 g/mol. The van der Waals surface area contributed by atoms with Crippen molar-refractivity contribution in [2.45, 2.75) is 65.3 Å². The summed E-state index contributed by atoms with van der Waals surface area (Å²) in [5.74, 6) is -0.777. The quantitative estimate of drug-likeness (QED) is 0.293. The SMILES string of the molecule is [2H]C(C)(C)c1c(N(c2cccc(-c3ccccc3)c2)C(C)(C)C)ccc2c1C(C)(C)c1ccccc1-2. The third-order valence-corrected chi connectivity index (χ3v) is 7.32. The van der Waals surface area contributed by atoms with E-state index in [2.05, 4.69) is 131 Å². The van der Waals surface area contributed by atoms with E-state index in [0.29, 0.717) is 0 Å². The van der Waals surface area contributed by atoms with E-state index < -0.39 is 5.89 Å². The zero-order valence-electron chi connectivity index (χ0n) is 23.1. The van der Waals surface area contributed by atoms with Crippen LogP contribution in [0.3, 0.4) is 0 Å². The van der Waals surface area contributed by atoms with Gasteiger partial charge in [-0.1, -0.05) is 100 Å². The van der Waals surface area contributed by atoms with Gasteiger partial charge < -0.3 is 4.90 Å². The van der Waals surface area contributed by atoms with Crippen LogP contribution in [0.25, 0.3) is 22.3 Å². The predicted octanol–water partition coefficient (Wildman–Crippen LogP) is 9.72. The molecule has 0 aliphatic heterocycles. The van der Waals surface area contributed by atoms with Crippen LogP contribution >= 0.6 is 0 Å². The van der Waals surface area contributed by atoms with Crippen LogP contribution < -0.4 is 4.90 Å². The first-order chi connectivity index (χ1) is 16.9. The molecule has 1 aliphatic carbocycles. The van der Waals surface area contributed by atoms with Crippen LogP contribution in [0.4, 0.5) is 11.4 Å². The number of nitrogens with zero attached hydrogens (tertiary/aromatic N) is 1. The smallest absolute Gasteiger partial charge is 0.0454 e. The lowest BCUT2D eigenvalue weighted by molar-refractivity contribution is 0.555. The Morgan fingerprint density at radius 2 is 1.40 bits per heavy atom. The van der Waals surface area contributed by atoms with Crippen LogP contribution in [-0.4, -0.2) is 5.54 Å². The Labute approximate surface area is 212 Å². The van der Waals surface area contributed by atoms with Crippen LogP contribution in [-0.2, 0) is 5.41 Å². The number of benzene rings is 4. The highest BCUT2D eigenvalue weighted by Crippen LogP contribution is 2.54. The van der Waals surface area contributed by atoms with Gasteiger partial charge in [0.05, 0.1) is 0 Å². The molecular formula is C34H37N. The molecule has 0 bridgehead atoms. The number of anilines is 2. The van der Waals surface area contributed by atoms with Crippen molar-refractivity contribution in [2.75, 3.05) is 4.90 Å². The minimum absolute atomic E-state index is 0.176. The van der Waals surface area contributed by atoms with Crippen molar-refractivity contribution in [3.05, 3.63) is 108 Å². The Morgan fingerprint density at radius 3 is 2.09 bits per heavy atom. The van der Waals surface area contributed by atoms with E-state index in [0.717, 1.165) is 16.9 Å². The van der Waals surface area contributed by atoms with Gasteiger partial charge in [-0.2, -0.15) is 0 Å². The summed E-state index contributed by atoms with van der Waals surface area (Å²) in [6.45, 7) is 15.5. The Hall–Kier alpha value is -3.32. The van der Waals surface area contributed by atoms with Crippen molar-refractivity contribution >= 4 is 11.4 Å². The molecule has 0 spiro atoms. The van der Waals surface area contributed by atoms with Crippen molar-refractivity contribution in [2.24, 2.45) is 0 Å². The average Bonchev–Trinajstić information content (AvgIpc) is 3.05. The molecule has 0 aromatic heterocycles. The number of hydrogen-bond donors (Lipinski definition) is 0.